The molecule has 5 nitrogen and oxygen atoms in total. The highest BCUT2D eigenvalue weighted by molar-refractivity contribution is 5.78. The molecule has 1 rings (SSSR count). The third-order valence-corrected chi connectivity index (χ3v) is 2.97. The molecule has 0 heterocycles. The molecule has 0 spiro atoms. The summed E-state index contributed by atoms with van der Waals surface area (Å²) in [6, 6.07) is 4.28. The highest BCUT2D eigenvalue weighted by Crippen LogP contribution is 2.22. The Morgan fingerprint density at radius 3 is 2.44 bits per heavy atom. The molecule has 0 saturated heterocycles. The van der Waals surface area contributed by atoms with Crippen molar-refractivity contribution in [3.8, 4) is 6.07 Å². The zero-order chi connectivity index (χ0) is 13.9. The van der Waals surface area contributed by atoms with Crippen LogP contribution in [0.2, 0.25) is 0 Å². The average molecular weight is 248 g/mol. The van der Waals surface area contributed by atoms with E-state index in [0.29, 0.717) is 11.3 Å². The van der Waals surface area contributed by atoms with E-state index in [2.05, 4.69) is 11.4 Å². The van der Waals surface area contributed by atoms with Crippen molar-refractivity contribution in [3.63, 3.8) is 0 Å². The zero-order valence-corrected chi connectivity index (χ0v) is 10.6. The van der Waals surface area contributed by atoms with Crippen LogP contribution in [0.25, 0.3) is 0 Å². The number of aliphatic carboxylic acids is 1. The summed E-state index contributed by atoms with van der Waals surface area (Å²) in [5.74, 6) is -1.12. The molecule has 5 heteroatoms. The number of rotatable bonds is 4. The van der Waals surface area contributed by atoms with Crippen LogP contribution in [-0.4, -0.2) is 28.3 Å². The van der Waals surface area contributed by atoms with Gasteiger partial charge in [0.2, 0.25) is 0 Å². The lowest BCUT2D eigenvalue weighted by molar-refractivity contribution is -0.140. The Labute approximate surface area is 106 Å². The summed E-state index contributed by atoms with van der Waals surface area (Å²) in [6.07, 6.45) is -1.02. The molecular weight excluding hydrogens is 232 g/mol. The van der Waals surface area contributed by atoms with Crippen molar-refractivity contribution in [3.05, 3.63) is 28.8 Å². The summed E-state index contributed by atoms with van der Waals surface area (Å²) in [5.41, 5.74) is 2.78. The highest BCUT2D eigenvalue weighted by Gasteiger charge is 2.23. The molecule has 0 aliphatic carbocycles. The van der Waals surface area contributed by atoms with Crippen LogP contribution < -0.4 is 5.32 Å². The second kappa shape index (κ2) is 5.52. The number of carbonyl (C=O) groups is 1. The number of nitrogens with one attached hydrogen (secondary N) is 1. The van der Waals surface area contributed by atoms with E-state index in [4.69, 9.17) is 10.4 Å². The van der Waals surface area contributed by atoms with Crippen LogP contribution in [0.1, 0.15) is 23.6 Å². The number of aliphatic hydroxyl groups is 1. The first-order chi connectivity index (χ1) is 8.38. The summed E-state index contributed by atoms with van der Waals surface area (Å²) in [6.45, 7) is 5.02. The van der Waals surface area contributed by atoms with Crippen LogP contribution in [0.4, 0.5) is 5.69 Å². The van der Waals surface area contributed by atoms with Crippen molar-refractivity contribution >= 4 is 11.7 Å². The first-order valence-corrected chi connectivity index (χ1v) is 5.56. The molecule has 0 radical (unpaired) electrons. The molecule has 18 heavy (non-hydrogen) atoms. The number of nitriles is 1. The zero-order valence-electron chi connectivity index (χ0n) is 10.6. The fourth-order valence-electron chi connectivity index (χ4n) is 1.65. The second-order valence-corrected chi connectivity index (χ2v) is 4.22. The Hall–Kier alpha value is -2.06. The number of hydrogen-bond acceptors (Lipinski definition) is 4. The van der Waals surface area contributed by atoms with Crippen LogP contribution in [0, 0.1) is 25.2 Å². The Kier molecular flexibility index (Phi) is 4.29. The van der Waals surface area contributed by atoms with Crippen LogP contribution in [0.15, 0.2) is 12.1 Å². The molecule has 0 amide bonds. The largest absolute Gasteiger partial charge is 0.480 e. The maximum absolute atomic E-state index is 11.0. The van der Waals surface area contributed by atoms with Gasteiger partial charge in [-0.2, -0.15) is 5.26 Å². The lowest BCUT2D eigenvalue weighted by atomic mass is 10.0. The maximum atomic E-state index is 11.0. The van der Waals surface area contributed by atoms with Crippen molar-refractivity contribution in [2.45, 2.75) is 32.9 Å². The average Bonchev–Trinajstić information content (AvgIpc) is 2.30. The fourth-order valence-corrected chi connectivity index (χ4v) is 1.65. The van der Waals surface area contributed by atoms with Gasteiger partial charge in [-0.05, 0) is 44.0 Å². The molecule has 0 fully saturated rings. The summed E-state index contributed by atoms with van der Waals surface area (Å²) < 4.78 is 0. The van der Waals surface area contributed by atoms with Gasteiger partial charge in [0.05, 0.1) is 17.7 Å². The maximum Gasteiger partial charge on any atom is 0.328 e. The Morgan fingerprint density at radius 1 is 1.39 bits per heavy atom. The van der Waals surface area contributed by atoms with Crippen molar-refractivity contribution in [2.24, 2.45) is 0 Å². The molecule has 3 N–H and O–H groups in total. The molecule has 1 aromatic carbocycles. The van der Waals surface area contributed by atoms with E-state index < -0.39 is 18.1 Å². The van der Waals surface area contributed by atoms with Crippen molar-refractivity contribution in [1.82, 2.24) is 0 Å². The SMILES string of the molecule is Cc1c(C#N)ccc(N[C@@H](C(=O)O)[C@H](C)O)c1C. The van der Waals surface area contributed by atoms with Crippen molar-refractivity contribution < 1.29 is 15.0 Å². The van der Waals surface area contributed by atoms with Crippen LogP contribution in [0.3, 0.4) is 0 Å². The summed E-state index contributed by atoms with van der Waals surface area (Å²) >= 11 is 0. The summed E-state index contributed by atoms with van der Waals surface area (Å²) in [4.78, 5) is 11.0. The topological polar surface area (TPSA) is 93.4 Å². The molecule has 0 aliphatic heterocycles. The Bertz CT molecular complexity index is 504. The van der Waals surface area contributed by atoms with Crippen LogP contribution in [-0.2, 0) is 4.79 Å². The molecule has 1 aromatic rings. The van der Waals surface area contributed by atoms with Crippen molar-refractivity contribution in [2.75, 3.05) is 5.32 Å². The summed E-state index contributed by atoms with van der Waals surface area (Å²) in [7, 11) is 0. The van der Waals surface area contributed by atoms with E-state index in [1.54, 1.807) is 26.0 Å². The summed E-state index contributed by atoms with van der Waals surface area (Å²) in [5, 5.41) is 30.1. The minimum Gasteiger partial charge on any atom is -0.480 e. The van der Waals surface area contributed by atoms with Gasteiger partial charge in [-0.15, -0.1) is 0 Å². The Balaban J connectivity index is 3.09. The number of hydrogen-bond donors (Lipinski definition) is 3. The first-order valence-electron chi connectivity index (χ1n) is 5.56. The van der Waals surface area contributed by atoms with Gasteiger partial charge in [0.1, 0.15) is 0 Å². The van der Waals surface area contributed by atoms with Crippen molar-refractivity contribution in [1.29, 1.82) is 5.26 Å². The van der Waals surface area contributed by atoms with Gasteiger partial charge in [0.15, 0.2) is 6.04 Å². The molecular formula is C13H16N2O3. The van der Waals surface area contributed by atoms with Gasteiger partial charge in [0.25, 0.3) is 0 Å². The monoisotopic (exact) mass is 248 g/mol. The molecule has 2 atom stereocenters. The fraction of sp³-hybridized carbons (Fsp3) is 0.385. The number of benzene rings is 1. The molecule has 0 aromatic heterocycles. The smallest absolute Gasteiger partial charge is 0.328 e. The normalized spacial score (nSPS) is 13.5. The molecule has 0 bridgehead atoms. The minimum absolute atomic E-state index is 0.557. The quantitative estimate of drug-likeness (QED) is 0.749. The van der Waals surface area contributed by atoms with Gasteiger partial charge < -0.3 is 15.5 Å². The van der Waals surface area contributed by atoms with E-state index in [1.165, 1.54) is 6.92 Å². The second-order valence-electron chi connectivity index (χ2n) is 4.22. The number of aliphatic hydroxyl groups excluding tert-OH is 1. The third kappa shape index (κ3) is 2.79. The van der Waals surface area contributed by atoms with Gasteiger partial charge in [-0.25, -0.2) is 4.79 Å². The van der Waals surface area contributed by atoms with Crippen LogP contribution >= 0.6 is 0 Å². The van der Waals surface area contributed by atoms with E-state index in [1.807, 2.05) is 0 Å². The number of nitrogens with zero attached hydrogens (tertiary/aromatic N) is 1. The number of carboxylic acid groups (broad SMARTS) is 1. The van der Waals surface area contributed by atoms with Gasteiger partial charge in [-0.1, -0.05) is 0 Å². The third-order valence-electron chi connectivity index (χ3n) is 2.97. The van der Waals surface area contributed by atoms with E-state index in [9.17, 15) is 9.90 Å². The number of anilines is 1. The lowest BCUT2D eigenvalue weighted by Gasteiger charge is -2.20. The lowest BCUT2D eigenvalue weighted by Crippen LogP contribution is -2.39. The van der Waals surface area contributed by atoms with E-state index >= 15 is 0 Å². The Morgan fingerprint density at radius 2 is 2.00 bits per heavy atom. The standard InChI is InChI=1S/C13H16N2O3/c1-7-8(2)11(5-4-10(7)6-14)15-12(9(3)16)13(17)18/h4-5,9,12,15-16H,1-3H3,(H,17,18)/t9-,12+/m0/s1. The van der Waals surface area contributed by atoms with Crippen LogP contribution in [0.5, 0.6) is 0 Å². The predicted octanol–water partition coefficient (Wildman–Crippen LogP) is 1.42. The first kappa shape index (κ1) is 14.0. The molecule has 0 unspecified atom stereocenters. The highest BCUT2D eigenvalue weighted by atomic mass is 16.4. The van der Waals surface area contributed by atoms with Gasteiger partial charge in [-0.3, -0.25) is 0 Å². The van der Waals surface area contributed by atoms with E-state index in [0.717, 1.165) is 11.1 Å². The molecule has 0 aliphatic rings. The molecule has 0 saturated carbocycles. The predicted molar refractivity (Wildman–Crippen MR) is 67.4 cm³/mol. The van der Waals surface area contributed by atoms with Gasteiger partial charge in [0, 0.05) is 5.69 Å². The minimum atomic E-state index is -1.12. The number of carboxylic acids is 1. The van der Waals surface area contributed by atoms with E-state index in [-0.39, 0.29) is 0 Å². The molecule has 96 valence electrons. The van der Waals surface area contributed by atoms with Gasteiger partial charge >= 0.3 is 5.97 Å².